The average molecular weight is 228 g/mol. The molecule has 0 rings (SSSR count). The van der Waals surface area contributed by atoms with Crippen molar-refractivity contribution in [1.29, 1.82) is 0 Å². The molecule has 0 amide bonds. The summed E-state index contributed by atoms with van der Waals surface area (Å²) in [6, 6.07) is 0. The highest BCUT2D eigenvalue weighted by Crippen LogP contribution is 2.24. The van der Waals surface area contributed by atoms with Gasteiger partial charge in [0.1, 0.15) is 0 Å². The van der Waals surface area contributed by atoms with Gasteiger partial charge in [-0.05, 0) is 30.1 Å². The standard InChI is InChI=1S/C15H32O/c1-12(2)7-9-14(4)15(5)10-8-13(3)11-16-6/h12-15H,7-11H2,1-6H3. The summed E-state index contributed by atoms with van der Waals surface area (Å²) in [7, 11) is 1.80. The number of methoxy groups -OCH3 is 1. The summed E-state index contributed by atoms with van der Waals surface area (Å²) >= 11 is 0. The number of hydrogen-bond donors (Lipinski definition) is 0. The molecular formula is C15H32O. The minimum absolute atomic E-state index is 0.713. The molecule has 1 nitrogen and oxygen atoms in total. The fourth-order valence-electron chi connectivity index (χ4n) is 2.08. The molecule has 16 heavy (non-hydrogen) atoms. The summed E-state index contributed by atoms with van der Waals surface area (Å²) in [6.07, 6.45) is 5.42. The van der Waals surface area contributed by atoms with Gasteiger partial charge in [0.25, 0.3) is 0 Å². The molecule has 1 heteroatoms. The Hall–Kier alpha value is -0.0400. The van der Waals surface area contributed by atoms with Gasteiger partial charge in [-0.3, -0.25) is 0 Å². The summed E-state index contributed by atoms with van der Waals surface area (Å²) in [5.74, 6) is 3.29. The minimum atomic E-state index is 0.713. The lowest BCUT2D eigenvalue weighted by atomic mass is 9.85. The predicted octanol–water partition coefficient (Wildman–Crippen LogP) is 4.76. The summed E-state index contributed by atoms with van der Waals surface area (Å²) in [4.78, 5) is 0. The molecule has 3 atom stereocenters. The van der Waals surface area contributed by atoms with E-state index in [1.54, 1.807) is 7.11 Å². The monoisotopic (exact) mass is 228 g/mol. The van der Waals surface area contributed by atoms with Crippen LogP contribution < -0.4 is 0 Å². The molecule has 0 saturated carbocycles. The molecule has 0 spiro atoms. The van der Waals surface area contributed by atoms with E-state index < -0.39 is 0 Å². The number of rotatable bonds is 9. The maximum atomic E-state index is 5.18. The number of ether oxygens (including phenoxy) is 1. The van der Waals surface area contributed by atoms with Crippen molar-refractivity contribution in [2.24, 2.45) is 23.7 Å². The normalized spacial score (nSPS) is 17.4. The zero-order valence-corrected chi connectivity index (χ0v) is 12.3. The van der Waals surface area contributed by atoms with Gasteiger partial charge in [0.2, 0.25) is 0 Å². The van der Waals surface area contributed by atoms with Crippen LogP contribution >= 0.6 is 0 Å². The van der Waals surface area contributed by atoms with Crippen LogP contribution in [0.25, 0.3) is 0 Å². The third-order valence-corrected chi connectivity index (χ3v) is 3.74. The van der Waals surface area contributed by atoms with E-state index in [0.29, 0.717) is 5.92 Å². The second-order valence-electron chi connectivity index (χ2n) is 6.06. The molecule has 0 N–H and O–H groups in total. The van der Waals surface area contributed by atoms with Crippen LogP contribution in [0.4, 0.5) is 0 Å². The molecule has 3 unspecified atom stereocenters. The van der Waals surface area contributed by atoms with Crippen molar-refractivity contribution in [3.05, 3.63) is 0 Å². The van der Waals surface area contributed by atoms with E-state index in [9.17, 15) is 0 Å². The van der Waals surface area contributed by atoms with Crippen LogP contribution in [0.1, 0.15) is 60.3 Å². The molecule has 0 aliphatic heterocycles. The van der Waals surface area contributed by atoms with Crippen molar-refractivity contribution in [3.63, 3.8) is 0 Å². The van der Waals surface area contributed by atoms with Gasteiger partial charge in [-0.1, -0.05) is 53.9 Å². The highest BCUT2D eigenvalue weighted by Gasteiger charge is 2.14. The molecule has 0 fully saturated rings. The van der Waals surface area contributed by atoms with Crippen molar-refractivity contribution in [3.8, 4) is 0 Å². The first-order chi connectivity index (χ1) is 7.47. The first kappa shape index (κ1) is 16.0. The predicted molar refractivity (Wildman–Crippen MR) is 72.7 cm³/mol. The van der Waals surface area contributed by atoms with Crippen molar-refractivity contribution < 1.29 is 4.74 Å². The molecule has 98 valence electrons. The number of hydrogen-bond acceptors (Lipinski definition) is 1. The molecule has 0 aliphatic rings. The minimum Gasteiger partial charge on any atom is -0.384 e. The lowest BCUT2D eigenvalue weighted by Crippen LogP contribution is -2.12. The highest BCUT2D eigenvalue weighted by molar-refractivity contribution is 4.65. The second kappa shape index (κ2) is 9.04. The van der Waals surface area contributed by atoms with E-state index in [2.05, 4.69) is 34.6 Å². The lowest BCUT2D eigenvalue weighted by molar-refractivity contribution is 0.149. The van der Waals surface area contributed by atoms with Crippen LogP contribution in [0.3, 0.4) is 0 Å². The maximum Gasteiger partial charge on any atom is 0.0487 e. The Bertz CT molecular complexity index is 154. The fraction of sp³-hybridized carbons (Fsp3) is 1.00. The molecule has 0 aliphatic carbocycles. The van der Waals surface area contributed by atoms with Gasteiger partial charge in [-0.25, -0.2) is 0 Å². The van der Waals surface area contributed by atoms with Crippen molar-refractivity contribution in [1.82, 2.24) is 0 Å². The van der Waals surface area contributed by atoms with E-state index >= 15 is 0 Å². The molecule has 0 aromatic heterocycles. The average Bonchev–Trinajstić information content (AvgIpc) is 2.22. The van der Waals surface area contributed by atoms with E-state index in [1.807, 2.05) is 0 Å². The van der Waals surface area contributed by atoms with Crippen LogP contribution in [0.5, 0.6) is 0 Å². The topological polar surface area (TPSA) is 9.23 Å². The van der Waals surface area contributed by atoms with E-state index in [1.165, 1.54) is 25.7 Å². The molecule has 0 aromatic carbocycles. The van der Waals surface area contributed by atoms with Gasteiger partial charge in [0.15, 0.2) is 0 Å². The second-order valence-corrected chi connectivity index (χ2v) is 6.06. The SMILES string of the molecule is COCC(C)CCC(C)C(C)CCC(C)C. The largest absolute Gasteiger partial charge is 0.384 e. The van der Waals surface area contributed by atoms with Gasteiger partial charge in [0.05, 0.1) is 0 Å². The Morgan fingerprint density at radius 1 is 0.750 bits per heavy atom. The quantitative estimate of drug-likeness (QED) is 0.553. The summed E-state index contributed by atoms with van der Waals surface area (Å²) in [5, 5.41) is 0. The smallest absolute Gasteiger partial charge is 0.0487 e. The summed E-state index contributed by atoms with van der Waals surface area (Å²) in [5.41, 5.74) is 0. The summed E-state index contributed by atoms with van der Waals surface area (Å²) in [6.45, 7) is 12.6. The zero-order chi connectivity index (χ0) is 12.6. The van der Waals surface area contributed by atoms with Crippen molar-refractivity contribution in [2.75, 3.05) is 13.7 Å². The Morgan fingerprint density at radius 2 is 1.25 bits per heavy atom. The van der Waals surface area contributed by atoms with Gasteiger partial charge in [-0.15, -0.1) is 0 Å². The van der Waals surface area contributed by atoms with Crippen molar-refractivity contribution in [2.45, 2.75) is 60.3 Å². The third kappa shape index (κ3) is 8.15. The van der Waals surface area contributed by atoms with Crippen LogP contribution in [-0.4, -0.2) is 13.7 Å². The highest BCUT2D eigenvalue weighted by atomic mass is 16.5. The van der Waals surface area contributed by atoms with Crippen LogP contribution in [0, 0.1) is 23.7 Å². The van der Waals surface area contributed by atoms with Crippen LogP contribution in [0.15, 0.2) is 0 Å². The van der Waals surface area contributed by atoms with Crippen LogP contribution in [-0.2, 0) is 4.74 Å². The third-order valence-electron chi connectivity index (χ3n) is 3.74. The van der Waals surface area contributed by atoms with Crippen molar-refractivity contribution >= 4 is 0 Å². The van der Waals surface area contributed by atoms with Gasteiger partial charge < -0.3 is 4.74 Å². The molecule has 0 bridgehead atoms. The maximum absolute atomic E-state index is 5.18. The van der Waals surface area contributed by atoms with Crippen LogP contribution in [0.2, 0.25) is 0 Å². The Kier molecular flexibility index (Phi) is 9.02. The lowest BCUT2D eigenvalue weighted by Gasteiger charge is -2.22. The first-order valence-electron chi connectivity index (χ1n) is 6.96. The van der Waals surface area contributed by atoms with E-state index in [4.69, 9.17) is 4.74 Å². The van der Waals surface area contributed by atoms with Gasteiger partial charge in [0, 0.05) is 13.7 Å². The molecular weight excluding hydrogens is 196 g/mol. The molecule has 0 aromatic rings. The first-order valence-corrected chi connectivity index (χ1v) is 6.96. The molecule has 0 radical (unpaired) electrons. The fourth-order valence-corrected chi connectivity index (χ4v) is 2.08. The Labute approximate surface area is 103 Å². The van der Waals surface area contributed by atoms with Gasteiger partial charge in [-0.2, -0.15) is 0 Å². The molecule has 0 saturated heterocycles. The van der Waals surface area contributed by atoms with E-state index in [0.717, 1.165) is 24.4 Å². The van der Waals surface area contributed by atoms with Gasteiger partial charge >= 0.3 is 0 Å². The Balaban J connectivity index is 3.65. The Morgan fingerprint density at radius 3 is 1.69 bits per heavy atom. The zero-order valence-electron chi connectivity index (χ0n) is 12.3. The summed E-state index contributed by atoms with van der Waals surface area (Å²) < 4.78 is 5.18. The molecule has 0 heterocycles. The van der Waals surface area contributed by atoms with E-state index in [-0.39, 0.29) is 0 Å².